The molecule has 3 nitrogen and oxygen atoms in total. The number of piperidine rings is 1. The molecule has 0 radical (unpaired) electrons. The number of rotatable bonds is 5. The summed E-state index contributed by atoms with van der Waals surface area (Å²) in [5, 5.41) is 6.34. The molecule has 2 N–H and O–H groups in total. The van der Waals surface area contributed by atoms with Gasteiger partial charge >= 0.3 is 0 Å². The van der Waals surface area contributed by atoms with Gasteiger partial charge in [0, 0.05) is 17.5 Å². The van der Waals surface area contributed by atoms with E-state index in [1.807, 2.05) is 48.5 Å². The maximum absolute atomic E-state index is 12.9. The van der Waals surface area contributed by atoms with Gasteiger partial charge in [-0.05, 0) is 37.1 Å². The molecule has 1 heterocycles. The van der Waals surface area contributed by atoms with Gasteiger partial charge in [0.1, 0.15) is 5.25 Å². The highest BCUT2D eigenvalue weighted by atomic mass is 35.5. The predicted octanol–water partition coefficient (Wildman–Crippen LogP) is 3.81. The molecule has 0 aromatic heterocycles. The van der Waals surface area contributed by atoms with E-state index in [-0.39, 0.29) is 29.6 Å². The van der Waals surface area contributed by atoms with Crippen molar-refractivity contribution in [2.24, 2.45) is 0 Å². The largest absolute Gasteiger partial charge is 0.351 e. The van der Waals surface area contributed by atoms with Crippen LogP contribution in [0.2, 0.25) is 0 Å². The van der Waals surface area contributed by atoms with Crippen LogP contribution in [-0.4, -0.2) is 25.0 Å². The molecule has 1 aliphatic rings. The summed E-state index contributed by atoms with van der Waals surface area (Å²) in [6.07, 6.45) is 2.17. The van der Waals surface area contributed by atoms with E-state index in [4.69, 9.17) is 0 Å². The van der Waals surface area contributed by atoms with Crippen LogP contribution in [-0.2, 0) is 4.79 Å². The van der Waals surface area contributed by atoms with Gasteiger partial charge in [-0.1, -0.05) is 48.5 Å². The zero-order chi connectivity index (χ0) is 15.9. The van der Waals surface area contributed by atoms with Crippen molar-refractivity contribution in [3.63, 3.8) is 0 Å². The topological polar surface area (TPSA) is 41.1 Å². The van der Waals surface area contributed by atoms with Crippen molar-refractivity contribution in [3.05, 3.63) is 66.2 Å². The van der Waals surface area contributed by atoms with E-state index >= 15 is 0 Å². The molecule has 0 aliphatic carbocycles. The number of halogens is 1. The van der Waals surface area contributed by atoms with Crippen molar-refractivity contribution in [2.45, 2.75) is 29.0 Å². The van der Waals surface area contributed by atoms with Crippen molar-refractivity contribution >= 4 is 30.1 Å². The minimum absolute atomic E-state index is 0. The van der Waals surface area contributed by atoms with E-state index in [1.165, 1.54) is 0 Å². The van der Waals surface area contributed by atoms with Crippen molar-refractivity contribution < 1.29 is 4.79 Å². The van der Waals surface area contributed by atoms with Crippen LogP contribution in [0.15, 0.2) is 65.6 Å². The molecule has 2 aromatic carbocycles. The lowest BCUT2D eigenvalue weighted by molar-refractivity contribution is -0.121. The Morgan fingerprint density at radius 3 is 2.38 bits per heavy atom. The molecule has 2 unspecified atom stereocenters. The first-order chi connectivity index (χ1) is 11.3. The number of amides is 1. The van der Waals surface area contributed by atoms with Crippen LogP contribution >= 0.6 is 24.2 Å². The minimum atomic E-state index is -0.222. The molecule has 3 rings (SSSR count). The molecular weight excluding hydrogens is 340 g/mol. The SMILES string of the molecule is Cl.O=C(NC1CCCNC1)C(Sc1ccccc1)c1ccccc1. The zero-order valence-electron chi connectivity index (χ0n) is 13.5. The van der Waals surface area contributed by atoms with Crippen LogP contribution in [0, 0.1) is 0 Å². The second kappa shape index (κ2) is 9.72. The Kier molecular flexibility index (Phi) is 7.63. The lowest BCUT2D eigenvalue weighted by Gasteiger charge is -2.26. The lowest BCUT2D eigenvalue weighted by Crippen LogP contribution is -2.46. The number of carbonyl (C=O) groups is 1. The standard InChI is InChI=1S/C19H22N2OS.ClH/c22-19(21-16-10-7-13-20-14-16)18(15-8-3-1-4-9-15)23-17-11-5-2-6-12-17;/h1-6,8-9,11-12,16,18,20H,7,10,13-14H2,(H,21,22);1H. The third-order valence-corrected chi connectivity index (χ3v) is 5.25. The number of hydrogen-bond acceptors (Lipinski definition) is 3. The maximum atomic E-state index is 12.9. The molecule has 1 amide bonds. The summed E-state index contributed by atoms with van der Waals surface area (Å²) in [4.78, 5) is 14.0. The fraction of sp³-hybridized carbons (Fsp3) is 0.316. The first-order valence-corrected chi connectivity index (χ1v) is 8.98. The first-order valence-electron chi connectivity index (χ1n) is 8.10. The molecule has 2 atom stereocenters. The highest BCUT2D eigenvalue weighted by molar-refractivity contribution is 8.00. The van der Waals surface area contributed by atoms with Crippen LogP contribution < -0.4 is 10.6 Å². The van der Waals surface area contributed by atoms with Gasteiger partial charge < -0.3 is 10.6 Å². The summed E-state index contributed by atoms with van der Waals surface area (Å²) in [6.45, 7) is 1.91. The van der Waals surface area contributed by atoms with Crippen molar-refractivity contribution in [2.75, 3.05) is 13.1 Å². The quantitative estimate of drug-likeness (QED) is 0.795. The van der Waals surface area contributed by atoms with E-state index in [9.17, 15) is 4.79 Å². The van der Waals surface area contributed by atoms with Gasteiger partial charge in [0.05, 0.1) is 0 Å². The molecule has 1 aliphatic heterocycles. The number of thioether (sulfide) groups is 1. The highest BCUT2D eigenvalue weighted by Gasteiger charge is 2.25. The Balaban J connectivity index is 0.00000208. The molecule has 0 saturated carbocycles. The number of benzene rings is 2. The summed E-state index contributed by atoms with van der Waals surface area (Å²) in [5.41, 5.74) is 1.04. The molecule has 1 fully saturated rings. The maximum Gasteiger partial charge on any atom is 0.238 e. The van der Waals surface area contributed by atoms with Crippen molar-refractivity contribution in [3.8, 4) is 0 Å². The fourth-order valence-electron chi connectivity index (χ4n) is 2.79. The molecule has 2 aromatic rings. The van der Waals surface area contributed by atoms with Crippen LogP contribution in [0.1, 0.15) is 23.7 Å². The van der Waals surface area contributed by atoms with Gasteiger partial charge in [0.25, 0.3) is 0 Å². The third-order valence-electron chi connectivity index (χ3n) is 3.98. The average molecular weight is 363 g/mol. The lowest BCUT2D eigenvalue weighted by atomic mass is 10.1. The average Bonchev–Trinajstić information content (AvgIpc) is 2.62. The number of nitrogens with one attached hydrogen (secondary N) is 2. The third kappa shape index (κ3) is 5.26. The highest BCUT2D eigenvalue weighted by Crippen LogP contribution is 2.35. The first kappa shape index (κ1) is 18.8. The Labute approximate surface area is 154 Å². The summed E-state index contributed by atoms with van der Waals surface area (Å²) in [5.74, 6) is 0.0961. The van der Waals surface area contributed by atoms with E-state index in [0.717, 1.165) is 36.4 Å². The van der Waals surface area contributed by atoms with Crippen LogP contribution in [0.3, 0.4) is 0 Å². The molecule has 5 heteroatoms. The summed E-state index contributed by atoms with van der Waals surface area (Å²) >= 11 is 1.61. The normalized spacial score (nSPS) is 18.2. The van der Waals surface area contributed by atoms with E-state index < -0.39 is 0 Å². The van der Waals surface area contributed by atoms with Gasteiger partial charge in [-0.2, -0.15) is 0 Å². The van der Waals surface area contributed by atoms with Crippen LogP contribution in [0.5, 0.6) is 0 Å². The minimum Gasteiger partial charge on any atom is -0.351 e. The Morgan fingerprint density at radius 2 is 1.75 bits per heavy atom. The van der Waals surface area contributed by atoms with Crippen LogP contribution in [0.4, 0.5) is 0 Å². The van der Waals surface area contributed by atoms with E-state index in [2.05, 4.69) is 22.8 Å². The fourth-order valence-corrected chi connectivity index (χ4v) is 3.84. The summed E-state index contributed by atoms with van der Waals surface area (Å²) in [7, 11) is 0. The van der Waals surface area contributed by atoms with E-state index in [0.29, 0.717) is 0 Å². The molecule has 0 spiro atoms. The van der Waals surface area contributed by atoms with E-state index in [1.54, 1.807) is 11.8 Å². The monoisotopic (exact) mass is 362 g/mol. The Bertz CT molecular complexity index is 618. The molecule has 128 valence electrons. The molecule has 1 saturated heterocycles. The van der Waals surface area contributed by atoms with Crippen molar-refractivity contribution in [1.29, 1.82) is 0 Å². The van der Waals surface area contributed by atoms with Gasteiger partial charge in [-0.3, -0.25) is 4.79 Å². The second-order valence-corrected chi connectivity index (χ2v) is 6.95. The zero-order valence-corrected chi connectivity index (χ0v) is 15.1. The summed E-state index contributed by atoms with van der Waals surface area (Å²) in [6, 6.07) is 20.4. The Morgan fingerprint density at radius 1 is 1.08 bits per heavy atom. The molecule has 0 bridgehead atoms. The molecular formula is C19H23ClN2OS. The van der Waals surface area contributed by atoms with Gasteiger partial charge in [0.15, 0.2) is 0 Å². The number of hydrogen-bond donors (Lipinski definition) is 2. The Hall–Kier alpha value is -1.49. The van der Waals surface area contributed by atoms with Crippen LogP contribution in [0.25, 0.3) is 0 Å². The number of carbonyl (C=O) groups excluding carboxylic acids is 1. The smallest absolute Gasteiger partial charge is 0.238 e. The van der Waals surface area contributed by atoms with Gasteiger partial charge in [-0.15, -0.1) is 24.2 Å². The van der Waals surface area contributed by atoms with Gasteiger partial charge in [-0.25, -0.2) is 0 Å². The predicted molar refractivity (Wildman–Crippen MR) is 103 cm³/mol. The van der Waals surface area contributed by atoms with Gasteiger partial charge in [0.2, 0.25) is 5.91 Å². The summed E-state index contributed by atoms with van der Waals surface area (Å²) < 4.78 is 0. The molecule has 24 heavy (non-hydrogen) atoms. The second-order valence-electron chi connectivity index (χ2n) is 5.77. The van der Waals surface area contributed by atoms with Crippen molar-refractivity contribution in [1.82, 2.24) is 10.6 Å².